The maximum atomic E-state index is 11.5. The summed E-state index contributed by atoms with van der Waals surface area (Å²) in [6, 6.07) is 15.0. The van der Waals surface area contributed by atoms with Crippen molar-refractivity contribution in [2.24, 2.45) is 0 Å². The molecular formula is C38H40Br2N4O8. The average molecular weight is 841 g/mol. The van der Waals surface area contributed by atoms with E-state index in [1.807, 2.05) is 46.2 Å². The van der Waals surface area contributed by atoms with Crippen LogP contribution < -0.4 is 18.9 Å². The van der Waals surface area contributed by atoms with Crippen LogP contribution in [-0.2, 0) is 35.9 Å². The third kappa shape index (κ3) is 7.89. The molecule has 0 amide bonds. The van der Waals surface area contributed by atoms with E-state index in [0.717, 1.165) is 44.5 Å². The van der Waals surface area contributed by atoms with Crippen LogP contribution in [0.15, 0.2) is 57.5 Å². The number of benzene rings is 2. The third-order valence-electron chi connectivity index (χ3n) is 9.84. The number of hydrogen-bond donors (Lipinski definition) is 2. The van der Waals surface area contributed by atoms with E-state index in [4.69, 9.17) is 18.9 Å². The van der Waals surface area contributed by atoms with Gasteiger partial charge in [-0.1, -0.05) is 36.4 Å². The molecule has 4 aromatic rings. The van der Waals surface area contributed by atoms with Gasteiger partial charge in [-0.05, 0) is 104 Å². The van der Waals surface area contributed by atoms with Crippen molar-refractivity contribution in [2.75, 3.05) is 27.3 Å². The first kappa shape index (κ1) is 37.5. The fourth-order valence-electron chi connectivity index (χ4n) is 6.58. The lowest BCUT2D eigenvalue weighted by molar-refractivity contribution is -0.149. The Hall–Kier alpha value is -4.24. The molecule has 0 spiro atoms. The van der Waals surface area contributed by atoms with Crippen molar-refractivity contribution in [1.29, 1.82) is 0 Å². The Bertz CT molecular complexity index is 1850. The number of hydrogen-bond acceptors (Lipinski definition) is 10. The van der Waals surface area contributed by atoms with Gasteiger partial charge in [0.15, 0.2) is 0 Å². The summed E-state index contributed by atoms with van der Waals surface area (Å²) in [7, 11) is 3.08. The number of aliphatic carboxylic acids is 2. The molecule has 0 aliphatic carbocycles. The highest BCUT2D eigenvalue weighted by molar-refractivity contribution is 9.10. The molecule has 52 heavy (non-hydrogen) atoms. The van der Waals surface area contributed by atoms with Gasteiger partial charge in [-0.25, -0.2) is 0 Å². The van der Waals surface area contributed by atoms with E-state index in [-0.39, 0.29) is 13.2 Å². The van der Waals surface area contributed by atoms with E-state index in [1.165, 1.54) is 0 Å². The minimum Gasteiger partial charge on any atom is -0.481 e. The molecule has 2 fully saturated rings. The van der Waals surface area contributed by atoms with Crippen molar-refractivity contribution < 1.29 is 38.7 Å². The van der Waals surface area contributed by atoms with Gasteiger partial charge in [0.25, 0.3) is 0 Å². The molecule has 0 saturated carbocycles. The highest BCUT2D eigenvalue weighted by atomic mass is 79.9. The molecule has 12 nitrogen and oxygen atoms in total. The molecule has 2 unspecified atom stereocenters. The van der Waals surface area contributed by atoms with Crippen LogP contribution in [0.2, 0.25) is 0 Å². The molecule has 2 saturated heterocycles. The van der Waals surface area contributed by atoms with Crippen molar-refractivity contribution in [2.45, 2.75) is 65.1 Å². The Labute approximate surface area is 318 Å². The monoisotopic (exact) mass is 838 g/mol. The Kier molecular flexibility index (Phi) is 11.7. The summed E-state index contributed by atoms with van der Waals surface area (Å²) < 4.78 is 24.8. The quantitative estimate of drug-likeness (QED) is 0.130. The second kappa shape index (κ2) is 16.2. The number of nitrogens with zero attached hydrogens (tertiary/aromatic N) is 4. The van der Waals surface area contributed by atoms with Gasteiger partial charge < -0.3 is 29.2 Å². The zero-order valence-corrected chi connectivity index (χ0v) is 32.5. The number of carbonyl (C=O) groups is 2. The standard InChI is InChI=1S/C38H40Br2N4O8/c1-21-23(19-51-35-29(39)15-25(33(41-35)49-3)17-43-13-11-31(43)37(45)46)7-5-9-27(21)28-10-6-8-24(22(28)2)20-52-36-30(40)16-26(34(42-36)50-4)18-44-14-12-32(44)38(47)48/h5-10,15-16,31-32H,11-14,17-20H2,1-4H3,(H,45,46)(H,47,48). The molecule has 274 valence electrons. The molecule has 2 aromatic carbocycles. The molecule has 2 N–H and O–H groups in total. The van der Waals surface area contributed by atoms with E-state index in [1.54, 1.807) is 14.2 Å². The SMILES string of the molecule is COc1nc(OCc2cccc(-c3cccc(COc4nc(OC)c(CN5CCC5C(=O)O)cc4Br)c3C)c2C)c(Br)cc1CN1CCC1C(=O)O. The molecule has 0 radical (unpaired) electrons. The van der Waals surface area contributed by atoms with Gasteiger partial charge in [0.05, 0.1) is 23.2 Å². The highest BCUT2D eigenvalue weighted by Gasteiger charge is 2.35. The van der Waals surface area contributed by atoms with Crippen LogP contribution in [0.3, 0.4) is 0 Å². The summed E-state index contributed by atoms with van der Waals surface area (Å²) in [4.78, 5) is 35.9. The minimum atomic E-state index is -0.823. The number of carboxylic acid groups (broad SMARTS) is 2. The van der Waals surface area contributed by atoms with Gasteiger partial charge in [0.2, 0.25) is 23.5 Å². The Morgan fingerprint density at radius 3 is 1.42 bits per heavy atom. The van der Waals surface area contributed by atoms with Gasteiger partial charge in [0, 0.05) is 37.3 Å². The van der Waals surface area contributed by atoms with E-state index >= 15 is 0 Å². The molecule has 4 heterocycles. The molecule has 2 atom stereocenters. The van der Waals surface area contributed by atoms with Crippen molar-refractivity contribution in [3.05, 3.63) is 90.9 Å². The predicted octanol–water partition coefficient (Wildman–Crippen LogP) is 6.78. The topological polar surface area (TPSA) is 144 Å². The lowest BCUT2D eigenvalue weighted by Gasteiger charge is -2.38. The molecular weight excluding hydrogens is 800 g/mol. The molecule has 0 bridgehead atoms. The smallest absolute Gasteiger partial charge is 0.320 e. The summed E-state index contributed by atoms with van der Waals surface area (Å²) in [5.41, 5.74) is 7.82. The Balaban J connectivity index is 1.15. The number of carboxylic acids is 2. The van der Waals surface area contributed by atoms with E-state index in [0.29, 0.717) is 71.5 Å². The van der Waals surface area contributed by atoms with Gasteiger partial charge in [-0.3, -0.25) is 19.4 Å². The van der Waals surface area contributed by atoms with Crippen molar-refractivity contribution in [3.63, 3.8) is 0 Å². The maximum absolute atomic E-state index is 11.5. The third-order valence-corrected chi connectivity index (χ3v) is 11.0. The van der Waals surface area contributed by atoms with E-state index in [2.05, 4.69) is 67.8 Å². The van der Waals surface area contributed by atoms with Crippen LogP contribution in [0.4, 0.5) is 0 Å². The van der Waals surface area contributed by atoms with Gasteiger partial charge in [0.1, 0.15) is 25.3 Å². The Morgan fingerprint density at radius 1 is 0.692 bits per heavy atom. The second-order valence-electron chi connectivity index (χ2n) is 12.9. The molecule has 6 rings (SSSR count). The highest BCUT2D eigenvalue weighted by Crippen LogP contribution is 2.36. The van der Waals surface area contributed by atoms with Crippen molar-refractivity contribution in [1.82, 2.24) is 19.8 Å². The van der Waals surface area contributed by atoms with Crippen LogP contribution in [0.1, 0.15) is 46.2 Å². The van der Waals surface area contributed by atoms with E-state index in [9.17, 15) is 19.8 Å². The molecule has 2 aromatic heterocycles. The summed E-state index contributed by atoms with van der Waals surface area (Å²) in [6.45, 7) is 6.93. The van der Waals surface area contributed by atoms with Crippen LogP contribution >= 0.6 is 31.9 Å². The number of aromatic nitrogens is 2. The first-order chi connectivity index (χ1) is 25.0. The fourth-order valence-corrected chi connectivity index (χ4v) is 7.54. The van der Waals surface area contributed by atoms with E-state index < -0.39 is 24.0 Å². The zero-order chi connectivity index (χ0) is 37.1. The molecule has 2 aliphatic rings. The summed E-state index contributed by atoms with van der Waals surface area (Å²) >= 11 is 7.18. The predicted molar refractivity (Wildman–Crippen MR) is 200 cm³/mol. The number of pyridine rings is 2. The van der Waals surface area contributed by atoms with Crippen molar-refractivity contribution in [3.8, 4) is 34.6 Å². The van der Waals surface area contributed by atoms with Crippen LogP contribution in [0.5, 0.6) is 23.5 Å². The van der Waals surface area contributed by atoms with Gasteiger partial charge in [-0.15, -0.1) is 0 Å². The number of ether oxygens (including phenoxy) is 4. The number of likely N-dealkylation sites (tertiary alicyclic amines) is 2. The lowest BCUT2D eigenvalue weighted by atomic mass is 9.92. The van der Waals surface area contributed by atoms with Gasteiger partial charge in [-0.2, -0.15) is 9.97 Å². The Morgan fingerprint density at radius 2 is 1.10 bits per heavy atom. The molecule has 2 aliphatic heterocycles. The first-order valence-electron chi connectivity index (χ1n) is 16.8. The number of rotatable bonds is 15. The minimum absolute atomic E-state index is 0.273. The summed E-state index contributed by atoms with van der Waals surface area (Å²) in [5, 5.41) is 18.9. The van der Waals surface area contributed by atoms with Gasteiger partial charge >= 0.3 is 11.9 Å². The zero-order valence-electron chi connectivity index (χ0n) is 29.3. The first-order valence-corrected chi connectivity index (χ1v) is 18.4. The maximum Gasteiger partial charge on any atom is 0.320 e. The summed E-state index contributed by atoms with van der Waals surface area (Å²) in [6.07, 6.45) is 1.25. The van der Waals surface area contributed by atoms with Crippen LogP contribution in [0, 0.1) is 13.8 Å². The fraction of sp³-hybridized carbons (Fsp3) is 0.368. The van der Waals surface area contributed by atoms with Crippen molar-refractivity contribution >= 4 is 43.8 Å². The number of methoxy groups -OCH3 is 2. The normalized spacial score (nSPS) is 17.2. The molecule has 14 heteroatoms. The lowest BCUT2D eigenvalue weighted by Crippen LogP contribution is -2.51. The summed E-state index contributed by atoms with van der Waals surface area (Å²) in [5.74, 6) is -0.0904. The second-order valence-corrected chi connectivity index (χ2v) is 14.6. The number of halogens is 2. The largest absolute Gasteiger partial charge is 0.481 e. The van der Waals surface area contributed by atoms with Crippen LogP contribution in [0.25, 0.3) is 11.1 Å². The van der Waals surface area contributed by atoms with Crippen LogP contribution in [-0.4, -0.2) is 81.3 Å². The average Bonchev–Trinajstić information content (AvgIpc) is 3.08.